The van der Waals surface area contributed by atoms with Crippen LogP contribution in [0.2, 0.25) is 5.02 Å². The summed E-state index contributed by atoms with van der Waals surface area (Å²) in [4.78, 5) is 38.9. The van der Waals surface area contributed by atoms with Crippen LogP contribution in [0.4, 0.5) is 4.79 Å². The number of carbonyl (C=O) groups is 3. The summed E-state index contributed by atoms with van der Waals surface area (Å²) in [5.74, 6) is -0.938. The Balaban J connectivity index is 1.73. The first-order valence-electron chi connectivity index (χ1n) is 8.82. The molecule has 1 saturated heterocycles. The second kappa shape index (κ2) is 8.24. The summed E-state index contributed by atoms with van der Waals surface area (Å²) in [5.41, 5.74) is 1.95. The van der Waals surface area contributed by atoms with E-state index in [4.69, 9.17) is 11.6 Å². The number of nitrogens with one attached hydrogen (secondary N) is 2. The summed E-state index contributed by atoms with van der Waals surface area (Å²) in [7, 11) is 0. The fourth-order valence-electron chi connectivity index (χ4n) is 3.01. The number of benzene rings is 2. The van der Waals surface area contributed by atoms with Crippen LogP contribution < -0.4 is 10.7 Å². The first kappa shape index (κ1) is 20.2. The molecular weight excluding hydrogens is 398 g/mol. The van der Waals surface area contributed by atoms with Gasteiger partial charge < -0.3 is 5.32 Å². The molecule has 2 aromatic carbocycles. The first-order valence-corrected chi connectivity index (χ1v) is 10.1. The molecule has 6 nitrogen and oxygen atoms in total. The lowest BCUT2D eigenvalue weighted by atomic mass is 9.87. The fourth-order valence-corrected chi connectivity index (χ4v) is 4.00. The summed E-state index contributed by atoms with van der Waals surface area (Å²) >= 11 is 7.18. The molecule has 4 amide bonds. The van der Waals surface area contributed by atoms with Crippen molar-refractivity contribution in [2.45, 2.75) is 36.0 Å². The third kappa shape index (κ3) is 3.86. The van der Waals surface area contributed by atoms with Gasteiger partial charge in [-0.15, -0.1) is 11.8 Å². The maximum atomic E-state index is 13.0. The third-order valence-electron chi connectivity index (χ3n) is 4.61. The van der Waals surface area contributed by atoms with Crippen molar-refractivity contribution in [1.29, 1.82) is 0 Å². The van der Waals surface area contributed by atoms with Crippen LogP contribution in [-0.2, 0) is 15.1 Å². The second-order valence-electron chi connectivity index (χ2n) is 6.39. The van der Waals surface area contributed by atoms with Gasteiger partial charge in [-0.05, 0) is 43.2 Å². The Morgan fingerprint density at radius 1 is 1.18 bits per heavy atom. The van der Waals surface area contributed by atoms with Gasteiger partial charge in [0.25, 0.3) is 11.8 Å². The van der Waals surface area contributed by atoms with E-state index in [0.717, 1.165) is 9.90 Å². The molecule has 2 atom stereocenters. The van der Waals surface area contributed by atoms with Gasteiger partial charge in [-0.3, -0.25) is 15.0 Å². The van der Waals surface area contributed by atoms with Gasteiger partial charge in [0.05, 0.1) is 5.25 Å². The van der Waals surface area contributed by atoms with E-state index in [1.165, 1.54) is 11.8 Å². The number of urea groups is 1. The molecule has 2 unspecified atom stereocenters. The molecule has 2 aromatic rings. The van der Waals surface area contributed by atoms with Crippen molar-refractivity contribution < 1.29 is 14.4 Å². The molecule has 0 aromatic heterocycles. The zero-order valence-electron chi connectivity index (χ0n) is 15.4. The molecule has 0 spiro atoms. The monoisotopic (exact) mass is 417 g/mol. The second-order valence-corrected chi connectivity index (χ2v) is 8.24. The number of hydrogen-bond donors (Lipinski definition) is 2. The molecule has 3 rings (SSSR count). The summed E-state index contributed by atoms with van der Waals surface area (Å²) in [5, 5.41) is 3.60. The number of halogens is 1. The number of hydrazine groups is 1. The van der Waals surface area contributed by atoms with Gasteiger partial charge in [0.2, 0.25) is 0 Å². The average molecular weight is 418 g/mol. The van der Waals surface area contributed by atoms with E-state index in [2.05, 4.69) is 10.7 Å². The van der Waals surface area contributed by atoms with E-state index in [-0.39, 0.29) is 0 Å². The van der Waals surface area contributed by atoms with Gasteiger partial charge in [0, 0.05) is 9.92 Å². The van der Waals surface area contributed by atoms with Gasteiger partial charge >= 0.3 is 6.03 Å². The zero-order chi connectivity index (χ0) is 20.3. The molecule has 1 heterocycles. The van der Waals surface area contributed by atoms with E-state index >= 15 is 0 Å². The van der Waals surface area contributed by atoms with Crippen molar-refractivity contribution in [3.63, 3.8) is 0 Å². The fraction of sp³-hybridized carbons (Fsp3) is 0.250. The summed E-state index contributed by atoms with van der Waals surface area (Å²) in [6.07, 6.45) is 0.364. The molecule has 0 saturated carbocycles. The van der Waals surface area contributed by atoms with Gasteiger partial charge in [-0.25, -0.2) is 4.79 Å². The van der Waals surface area contributed by atoms with Crippen LogP contribution in [0.5, 0.6) is 0 Å². The van der Waals surface area contributed by atoms with Gasteiger partial charge in [0.1, 0.15) is 5.54 Å². The average Bonchev–Trinajstić information content (AvgIpc) is 2.95. The minimum atomic E-state index is -1.18. The number of amides is 4. The van der Waals surface area contributed by atoms with Gasteiger partial charge in [0.15, 0.2) is 0 Å². The predicted octanol–water partition coefficient (Wildman–Crippen LogP) is 3.71. The number of rotatable bonds is 6. The molecule has 0 bridgehead atoms. The number of nitrogens with zero attached hydrogens (tertiary/aromatic N) is 1. The van der Waals surface area contributed by atoms with Gasteiger partial charge in [-0.2, -0.15) is 5.01 Å². The highest BCUT2D eigenvalue weighted by Gasteiger charge is 2.52. The number of hydrogen-bond acceptors (Lipinski definition) is 4. The Morgan fingerprint density at radius 3 is 2.43 bits per heavy atom. The lowest BCUT2D eigenvalue weighted by molar-refractivity contribution is -0.139. The standard InChI is InChI=1S/C20H20ClN3O3S/c1-3-20(14-7-5-4-6-8-14)18(26)24(19(27)22-20)23-17(25)13(2)28-16-11-9-15(21)10-12-16/h4-13H,3H2,1-2H3,(H,22,27)(H,23,25). The van der Waals surface area contributed by atoms with E-state index < -0.39 is 28.6 Å². The SMILES string of the molecule is CCC1(c2ccccc2)NC(=O)N(NC(=O)C(C)Sc2ccc(Cl)cc2)C1=O. The molecule has 1 aliphatic rings. The molecule has 8 heteroatoms. The predicted molar refractivity (Wildman–Crippen MR) is 109 cm³/mol. The maximum Gasteiger partial charge on any atom is 0.344 e. The number of imide groups is 1. The molecule has 2 N–H and O–H groups in total. The van der Waals surface area contributed by atoms with Crippen LogP contribution >= 0.6 is 23.4 Å². The molecule has 0 radical (unpaired) electrons. The van der Waals surface area contributed by atoms with Crippen molar-refractivity contribution in [2.75, 3.05) is 0 Å². The Labute approximate surface area is 172 Å². The highest BCUT2D eigenvalue weighted by Crippen LogP contribution is 2.32. The van der Waals surface area contributed by atoms with Gasteiger partial charge in [-0.1, -0.05) is 48.9 Å². The lowest BCUT2D eigenvalue weighted by Gasteiger charge is -2.25. The lowest BCUT2D eigenvalue weighted by Crippen LogP contribution is -2.50. The minimum absolute atomic E-state index is 0.364. The van der Waals surface area contributed by atoms with Crippen molar-refractivity contribution >= 4 is 41.2 Å². The van der Waals surface area contributed by atoms with Crippen molar-refractivity contribution in [2.24, 2.45) is 0 Å². The Hall–Kier alpha value is -2.51. The minimum Gasteiger partial charge on any atom is -0.318 e. The smallest absolute Gasteiger partial charge is 0.318 e. The Bertz CT molecular complexity index is 891. The molecule has 0 aliphatic carbocycles. The van der Waals surface area contributed by atoms with Crippen LogP contribution in [0.25, 0.3) is 0 Å². The topological polar surface area (TPSA) is 78.5 Å². The van der Waals surface area contributed by atoms with E-state index in [1.54, 1.807) is 43.3 Å². The quantitative estimate of drug-likeness (QED) is 0.554. The van der Waals surface area contributed by atoms with Crippen molar-refractivity contribution in [3.8, 4) is 0 Å². The summed E-state index contributed by atoms with van der Waals surface area (Å²) in [6, 6.07) is 15.5. The van der Waals surface area contributed by atoms with E-state index in [1.807, 2.05) is 25.1 Å². The van der Waals surface area contributed by atoms with Crippen LogP contribution in [0.15, 0.2) is 59.5 Å². The normalized spacial score (nSPS) is 20.0. The largest absolute Gasteiger partial charge is 0.344 e. The van der Waals surface area contributed by atoms with Crippen molar-refractivity contribution in [1.82, 2.24) is 15.8 Å². The zero-order valence-corrected chi connectivity index (χ0v) is 17.0. The maximum absolute atomic E-state index is 13.0. The molecule has 1 fully saturated rings. The van der Waals surface area contributed by atoms with E-state index in [0.29, 0.717) is 17.0 Å². The van der Waals surface area contributed by atoms with Crippen LogP contribution in [-0.4, -0.2) is 28.1 Å². The van der Waals surface area contributed by atoms with Crippen LogP contribution in [0, 0.1) is 0 Å². The van der Waals surface area contributed by atoms with Crippen LogP contribution in [0.1, 0.15) is 25.8 Å². The first-order chi connectivity index (χ1) is 13.4. The molecule has 28 heavy (non-hydrogen) atoms. The molecular formula is C20H20ClN3O3S. The number of thioether (sulfide) groups is 1. The highest BCUT2D eigenvalue weighted by atomic mass is 35.5. The number of carbonyl (C=O) groups excluding carboxylic acids is 3. The summed E-state index contributed by atoms with van der Waals surface area (Å²) < 4.78 is 0. The molecule has 1 aliphatic heterocycles. The highest BCUT2D eigenvalue weighted by molar-refractivity contribution is 8.00. The van der Waals surface area contributed by atoms with Crippen LogP contribution in [0.3, 0.4) is 0 Å². The van der Waals surface area contributed by atoms with Crippen molar-refractivity contribution in [3.05, 3.63) is 65.2 Å². The Kier molecular flexibility index (Phi) is 5.96. The molecule has 146 valence electrons. The van der Waals surface area contributed by atoms with E-state index in [9.17, 15) is 14.4 Å². The third-order valence-corrected chi connectivity index (χ3v) is 5.97. The summed E-state index contributed by atoms with van der Waals surface area (Å²) in [6.45, 7) is 3.52. The Morgan fingerprint density at radius 2 is 1.82 bits per heavy atom.